The van der Waals surface area contributed by atoms with E-state index < -0.39 is 6.04 Å². The van der Waals surface area contributed by atoms with Gasteiger partial charge in [0.2, 0.25) is 0 Å². The molecule has 1 aromatic rings. The summed E-state index contributed by atoms with van der Waals surface area (Å²) in [7, 11) is 0. The van der Waals surface area contributed by atoms with Crippen LogP contribution >= 0.6 is 0 Å². The number of carbonyl (C=O) groups excluding carboxylic acids is 2. The van der Waals surface area contributed by atoms with Gasteiger partial charge in [-0.15, -0.1) is 0 Å². The number of hydrogen-bond acceptors (Lipinski definition) is 6. The summed E-state index contributed by atoms with van der Waals surface area (Å²) in [5, 5.41) is 6.15. The lowest BCUT2D eigenvalue weighted by molar-refractivity contribution is -0.151. The topological polar surface area (TPSA) is 79.8 Å². The van der Waals surface area contributed by atoms with Crippen molar-refractivity contribution >= 4 is 18.0 Å². The van der Waals surface area contributed by atoms with Gasteiger partial charge in [0.15, 0.2) is 5.78 Å². The minimum atomic E-state index is -0.413. The molecule has 6 heteroatoms. The van der Waals surface area contributed by atoms with Crippen LogP contribution in [0.4, 0.5) is 0 Å². The van der Waals surface area contributed by atoms with E-state index in [0.717, 1.165) is 5.56 Å². The Kier molecular flexibility index (Phi) is 5.61. The molecule has 1 aromatic carbocycles. The number of Topliss-reactive ketones (excluding diaryl/α,β-unsaturated/α-hetero) is 1. The van der Waals surface area contributed by atoms with Crippen molar-refractivity contribution in [2.45, 2.75) is 31.9 Å². The van der Waals surface area contributed by atoms with E-state index in [-0.39, 0.29) is 24.3 Å². The monoisotopic (exact) mass is 339 g/mol. The molecule has 1 aliphatic heterocycles. The predicted octanol–water partition coefficient (Wildman–Crippen LogP) is 2.04. The summed E-state index contributed by atoms with van der Waals surface area (Å²) in [5.74, 6) is 0.224. The van der Waals surface area contributed by atoms with Gasteiger partial charge in [-0.05, 0) is 24.5 Å². The summed E-state index contributed by atoms with van der Waals surface area (Å²) in [6.45, 7) is 0.258. The Morgan fingerprint density at radius 3 is 3.00 bits per heavy atom. The second-order valence-electron chi connectivity index (χ2n) is 6.07. The molecule has 1 aliphatic carbocycles. The Bertz CT molecular complexity index is 710. The molecule has 2 unspecified atom stereocenters. The molecule has 25 heavy (non-hydrogen) atoms. The minimum absolute atomic E-state index is 0.104. The predicted molar refractivity (Wildman–Crippen MR) is 94.4 cm³/mol. The average Bonchev–Trinajstić information content (AvgIpc) is 2.91. The lowest BCUT2D eigenvalue weighted by atomic mass is 9.85. The van der Waals surface area contributed by atoms with Crippen LogP contribution in [-0.2, 0) is 20.9 Å². The van der Waals surface area contributed by atoms with E-state index in [1.54, 1.807) is 24.7 Å². The van der Waals surface area contributed by atoms with E-state index in [1.165, 1.54) is 0 Å². The van der Waals surface area contributed by atoms with Gasteiger partial charge in [-0.3, -0.25) is 14.6 Å². The van der Waals surface area contributed by atoms with Crippen LogP contribution in [0.3, 0.4) is 0 Å². The van der Waals surface area contributed by atoms with Crippen molar-refractivity contribution < 1.29 is 14.3 Å². The number of nitrogens with one attached hydrogen (secondary N) is 2. The quantitative estimate of drug-likeness (QED) is 0.803. The highest BCUT2D eigenvalue weighted by molar-refractivity contribution is 5.87. The number of allylic oxidation sites excluding steroid dienone is 1. The van der Waals surface area contributed by atoms with Gasteiger partial charge in [-0.1, -0.05) is 30.3 Å². The molecule has 0 saturated heterocycles. The van der Waals surface area contributed by atoms with Crippen molar-refractivity contribution in [3.05, 3.63) is 60.2 Å². The Balaban J connectivity index is 1.55. The fraction of sp³-hybridized carbons (Fsp3) is 0.316. The first-order valence-corrected chi connectivity index (χ1v) is 8.37. The standard InChI is InChI=1S/C19H21N3O3/c23-17-8-7-15(19(24)25-13-14-5-2-1-3-6-14)11-16(17)22-18-12-20-9-4-10-21-18/h1-6,9-10,12,15-16,21-22H,7-8,11,13H2. The highest BCUT2D eigenvalue weighted by Gasteiger charge is 2.33. The van der Waals surface area contributed by atoms with Crippen LogP contribution in [0.5, 0.6) is 0 Å². The first-order chi connectivity index (χ1) is 12.2. The third-order valence-electron chi connectivity index (χ3n) is 4.25. The average molecular weight is 339 g/mol. The highest BCUT2D eigenvalue weighted by atomic mass is 16.5. The smallest absolute Gasteiger partial charge is 0.309 e. The van der Waals surface area contributed by atoms with Gasteiger partial charge in [0.05, 0.1) is 18.2 Å². The van der Waals surface area contributed by atoms with Gasteiger partial charge in [-0.2, -0.15) is 0 Å². The summed E-state index contributed by atoms with van der Waals surface area (Å²) < 4.78 is 5.42. The Morgan fingerprint density at radius 2 is 2.16 bits per heavy atom. The zero-order valence-corrected chi connectivity index (χ0v) is 13.9. The van der Waals surface area contributed by atoms with Crippen molar-refractivity contribution in [2.75, 3.05) is 0 Å². The van der Waals surface area contributed by atoms with E-state index in [0.29, 0.717) is 25.1 Å². The number of rotatable bonds is 5. The van der Waals surface area contributed by atoms with Crippen LogP contribution < -0.4 is 10.6 Å². The van der Waals surface area contributed by atoms with Crippen molar-refractivity contribution in [1.29, 1.82) is 0 Å². The number of nitrogens with zero attached hydrogens (tertiary/aromatic N) is 1. The molecule has 1 saturated carbocycles. The Morgan fingerprint density at radius 1 is 1.32 bits per heavy atom. The fourth-order valence-electron chi connectivity index (χ4n) is 2.88. The number of esters is 1. The number of aliphatic imine (C=N–C) groups is 1. The zero-order valence-electron chi connectivity index (χ0n) is 13.9. The molecule has 0 spiro atoms. The molecule has 2 atom stereocenters. The number of hydrogen-bond donors (Lipinski definition) is 2. The molecule has 3 rings (SSSR count). The number of ketones is 1. The maximum atomic E-state index is 12.3. The molecule has 1 fully saturated rings. The van der Waals surface area contributed by atoms with Gasteiger partial charge >= 0.3 is 5.97 Å². The maximum Gasteiger partial charge on any atom is 0.309 e. The van der Waals surface area contributed by atoms with Gasteiger partial charge in [0.1, 0.15) is 12.4 Å². The third-order valence-corrected chi connectivity index (χ3v) is 4.25. The largest absolute Gasteiger partial charge is 0.461 e. The highest BCUT2D eigenvalue weighted by Crippen LogP contribution is 2.24. The van der Waals surface area contributed by atoms with E-state index in [1.807, 2.05) is 30.3 Å². The summed E-state index contributed by atoms with van der Waals surface area (Å²) in [4.78, 5) is 28.6. The van der Waals surface area contributed by atoms with E-state index in [9.17, 15) is 9.59 Å². The van der Waals surface area contributed by atoms with E-state index in [4.69, 9.17) is 4.74 Å². The molecule has 0 radical (unpaired) electrons. The number of ether oxygens (including phenoxy) is 1. The van der Waals surface area contributed by atoms with Crippen molar-refractivity contribution in [3.63, 3.8) is 0 Å². The lowest BCUT2D eigenvalue weighted by Gasteiger charge is -2.28. The number of benzene rings is 1. The fourth-order valence-corrected chi connectivity index (χ4v) is 2.88. The van der Waals surface area contributed by atoms with E-state index >= 15 is 0 Å². The van der Waals surface area contributed by atoms with Crippen LogP contribution in [0, 0.1) is 5.92 Å². The van der Waals surface area contributed by atoms with Gasteiger partial charge in [-0.25, -0.2) is 0 Å². The first kappa shape index (κ1) is 17.0. The number of carbonyl (C=O) groups is 2. The third kappa shape index (κ3) is 4.79. The molecule has 130 valence electrons. The minimum Gasteiger partial charge on any atom is -0.461 e. The summed E-state index contributed by atoms with van der Waals surface area (Å²) in [6, 6.07) is 9.16. The second-order valence-corrected chi connectivity index (χ2v) is 6.07. The van der Waals surface area contributed by atoms with Crippen LogP contribution in [0.15, 0.2) is 59.6 Å². The second kappa shape index (κ2) is 8.28. The van der Waals surface area contributed by atoms with Gasteiger partial charge in [0.25, 0.3) is 0 Å². The Labute approximate surface area is 146 Å². The molecule has 6 nitrogen and oxygen atoms in total. The molecule has 0 amide bonds. The molecule has 2 aliphatic rings. The first-order valence-electron chi connectivity index (χ1n) is 8.37. The molecular formula is C19H21N3O3. The summed E-state index contributed by atoms with van der Waals surface area (Å²) in [5.41, 5.74) is 0.954. The van der Waals surface area contributed by atoms with Crippen LogP contribution in [0.25, 0.3) is 0 Å². The zero-order chi connectivity index (χ0) is 17.5. The van der Waals surface area contributed by atoms with Gasteiger partial charge < -0.3 is 15.4 Å². The van der Waals surface area contributed by atoms with Gasteiger partial charge in [0, 0.05) is 18.8 Å². The molecule has 2 N–H and O–H groups in total. The normalized spacial score (nSPS) is 22.6. The maximum absolute atomic E-state index is 12.3. The van der Waals surface area contributed by atoms with Crippen LogP contribution in [-0.4, -0.2) is 24.0 Å². The molecular weight excluding hydrogens is 318 g/mol. The molecule has 0 aromatic heterocycles. The SMILES string of the molecule is O=C(OCc1ccccc1)C1CCC(=O)C(NC2=CN=CC=CN2)C1. The van der Waals surface area contributed by atoms with Crippen molar-refractivity contribution in [3.8, 4) is 0 Å². The van der Waals surface area contributed by atoms with Crippen LogP contribution in [0.2, 0.25) is 0 Å². The summed E-state index contributed by atoms with van der Waals surface area (Å²) >= 11 is 0. The summed E-state index contributed by atoms with van der Waals surface area (Å²) in [6.07, 6.45) is 8.09. The van der Waals surface area contributed by atoms with Crippen molar-refractivity contribution in [1.82, 2.24) is 10.6 Å². The van der Waals surface area contributed by atoms with Crippen LogP contribution in [0.1, 0.15) is 24.8 Å². The Hall–Kier alpha value is -2.89. The van der Waals surface area contributed by atoms with Crippen molar-refractivity contribution in [2.24, 2.45) is 10.9 Å². The molecule has 1 heterocycles. The molecule has 0 bridgehead atoms. The lowest BCUT2D eigenvalue weighted by Crippen LogP contribution is -2.44. The van der Waals surface area contributed by atoms with E-state index in [2.05, 4.69) is 15.6 Å².